The largest absolute Gasteiger partial charge is 0.469 e. The molecule has 2 aromatic rings. The van der Waals surface area contributed by atoms with E-state index in [4.69, 9.17) is 11.6 Å². The van der Waals surface area contributed by atoms with Crippen LogP contribution in [0.5, 0.6) is 0 Å². The van der Waals surface area contributed by atoms with Gasteiger partial charge >= 0.3 is 5.97 Å². The molecule has 2 rings (SSSR count). The zero-order valence-electron chi connectivity index (χ0n) is 12.9. The first-order valence-corrected chi connectivity index (χ1v) is 7.64. The lowest BCUT2D eigenvalue weighted by Crippen LogP contribution is -2.33. The third-order valence-corrected chi connectivity index (χ3v) is 3.75. The maximum atomic E-state index is 12.8. The summed E-state index contributed by atoms with van der Waals surface area (Å²) in [6.07, 6.45) is 0.138. The highest BCUT2D eigenvalue weighted by atomic mass is 35.5. The molecule has 0 saturated heterocycles. The lowest BCUT2D eigenvalue weighted by atomic mass is 10.1. The number of rotatable bonds is 6. The predicted molar refractivity (Wildman–Crippen MR) is 89.3 cm³/mol. The van der Waals surface area contributed by atoms with Gasteiger partial charge in [-0.05, 0) is 17.7 Å². The molecule has 4 nitrogen and oxygen atoms in total. The van der Waals surface area contributed by atoms with E-state index in [1.807, 2.05) is 30.3 Å². The molecule has 0 aliphatic carbocycles. The summed E-state index contributed by atoms with van der Waals surface area (Å²) in [5.41, 5.74) is 1.41. The standard InChI is InChI=1S/C18H18ClNO3/c1-23-17(21)11-12-20(13-14-7-3-2-4-8-14)18(22)15-9-5-6-10-16(15)19/h2-10H,11-13H2,1H3. The highest BCUT2D eigenvalue weighted by Crippen LogP contribution is 2.18. The minimum absolute atomic E-state index is 0.138. The summed E-state index contributed by atoms with van der Waals surface area (Å²) < 4.78 is 4.66. The Labute approximate surface area is 140 Å². The van der Waals surface area contributed by atoms with Crippen molar-refractivity contribution in [3.63, 3.8) is 0 Å². The van der Waals surface area contributed by atoms with Crippen LogP contribution in [0.15, 0.2) is 54.6 Å². The van der Waals surface area contributed by atoms with E-state index in [1.165, 1.54) is 7.11 Å². The summed E-state index contributed by atoms with van der Waals surface area (Å²) in [6, 6.07) is 16.5. The molecule has 0 radical (unpaired) electrons. The second kappa shape index (κ2) is 8.34. The normalized spacial score (nSPS) is 10.2. The van der Waals surface area contributed by atoms with Crippen LogP contribution in [-0.4, -0.2) is 30.4 Å². The first-order chi connectivity index (χ1) is 11.1. The SMILES string of the molecule is COC(=O)CCN(Cc1ccccc1)C(=O)c1ccccc1Cl. The zero-order chi connectivity index (χ0) is 16.7. The Bertz CT molecular complexity index is 673. The molecule has 0 aromatic heterocycles. The van der Waals surface area contributed by atoms with Gasteiger partial charge < -0.3 is 9.64 Å². The van der Waals surface area contributed by atoms with Crippen LogP contribution < -0.4 is 0 Å². The van der Waals surface area contributed by atoms with Gasteiger partial charge in [-0.1, -0.05) is 54.1 Å². The molecule has 5 heteroatoms. The summed E-state index contributed by atoms with van der Waals surface area (Å²) in [6.45, 7) is 0.674. The second-order valence-electron chi connectivity index (χ2n) is 5.02. The molecule has 0 spiro atoms. The van der Waals surface area contributed by atoms with Gasteiger partial charge in [-0.15, -0.1) is 0 Å². The Morgan fingerprint density at radius 1 is 1.04 bits per heavy atom. The van der Waals surface area contributed by atoms with E-state index in [2.05, 4.69) is 4.74 Å². The summed E-state index contributed by atoms with van der Waals surface area (Å²) in [5, 5.41) is 0.397. The van der Waals surface area contributed by atoms with E-state index in [9.17, 15) is 9.59 Å². The number of hydrogen-bond donors (Lipinski definition) is 0. The number of methoxy groups -OCH3 is 1. The molecule has 0 fully saturated rings. The van der Waals surface area contributed by atoms with Crippen molar-refractivity contribution in [1.82, 2.24) is 4.90 Å². The number of carbonyl (C=O) groups is 2. The first-order valence-electron chi connectivity index (χ1n) is 7.26. The Balaban J connectivity index is 2.20. The van der Waals surface area contributed by atoms with Gasteiger partial charge in [0.25, 0.3) is 5.91 Å². The molecule has 0 heterocycles. The molecule has 0 aliphatic rings. The minimum Gasteiger partial charge on any atom is -0.469 e. The number of amides is 1. The van der Waals surface area contributed by atoms with Gasteiger partial charge in [0.15, 0.2) is 0 Å². The van der Waals surface area contributed by atoms with Crippen LogP contribution in [-0.2, 0) is 16.1 Å². The third-order valence-electron chi connectivity index (χ3n) is 3.42. The lowest BCUT2D eigenvalue weighted by molar-refractivity contribution is -0.140. The Hall–Kier alpha value is -2.33. The number of ether oxygens (including phenoxy) is 1. The van der Waals surface area contributed by atoms with Gasteiger partial charge in [0, 0.05) is 13.1 Å². The maximum absolute atomic E-state index is 12.8. The fourth-order valence-electron chi connectivity index (χ4n) is 2.19. The number of halogens is 1. The minimum atomic E-state index is -0.352. The fraction of sp³-hybridized carbons (Fsp3) is 0.222. The first kappa shape index (κ1) is 17.0. The highest BCUT2D eigenvalue weighted by Gasteiger charge is 2.19. The number of nitrogens with zero attached hydrogens (tertiary/aromatic N) is 1. The van der Waals surface area contributed by atoms with Crippen LogP contribution in [0.3, 0.4) is 0 Å². The molecular weight excluding hydrogens is 314 g/mol. The number of esters is 1. The Kier molecular flexibility index (Phi) is 6.18. The van der Waals surface area contributed by atoms with Crippen LogP contribution in [0.2, 0.25) is 5.02 Å². The molecule has 1 amide bonds. The molecule has 0 N–H and O–H groups in total. The molecule has 0 saturated carbocycles. The van der Waals surface area contributed by atoms with E-state index in [0.717, 1.165) is 5.56 Å². The number of hydrogen-bond acceptors (Lipinski definition) is 3. The van der Waals surface area contributed by atoms with Crippen LogP contribution in [0.25, 0.3) is 0 Å². The summed E-state index contributed by atoms with van der Waals surface area (Å²) in [5.74, 6) is -0.557. The summed E-state index contributed by atoms with van der Waals surface area (Å²) in [4.78, 5) is 25.8. The van der Waals surface area contributed by atoms with Crippen LogP contribution >= 0.6 is 11.6 Å². The average molecular weight is 332 g/mol. The van der Waals surface area contributed by atoms with E-state index >= 15 is 0 Å². The number of carbonyl (C=O) groups excluding carboxylic acids is 2. The molecule has 0 aliphatic heterocycles. The lowest BCUT2D eigenvalue weighted by Gasteiger charge is -2.23. The van der Waals surface area contributed by atoms with Crippen molar-refractivity contribution >= 4 is 23.5 Å². The topological polar surface area (TPSA) is 46.6 Å². The smallest absolute Gasteiger partial charge is 0.307 e. The van der Waals surface area contributed by atoms with Crippen molar-refractivity contribution < 1.29 is 14.3 Å². The number of benzene rings is 2. The fourth-order valence-corrected chi connectivity index (χ4v) is 2.41. The van der Waals surface area contributed by atoms with E-state index in [1.54, 1.807) is 29.2 Å². The molecule has 23 heavy (non-hydrogen) atoms. The van der Waals surface area contributed by atoms with E-state index in [0.29, 0.717) is 17.1 Å². The van der Waals surface area contributed by atoms with Gasteiger partial charge in [-0.2, -0.15) is 0 Å². The van der Waals surface area contributed by atoms with Crippen molar-refractivity contribution in [2.75, 3.05) is 13.7 Å². The third kappa shape index (κ3) is 4.83. The zero-order valence-corrected chi connectivity index (χ0v) is 13.6. The molecule has 2 aromatic carbocycles. The van der Waals surface area contributed by atoms with Crippen molar-refractivity contribution in [2.24, 2.45) is 0 Å². The highest BCUT2D eigenvalue weighted by molar-refractivity contribution is 6.33. The van der Waals surface area contributed by atoms with Crippen LogP contribution in [0.1, 0.15) is 22.3 Å². The summed E-state index contributed by atoms with van der Waals surface area (Å²) in [7, 11) is 1.33. The van der Waals surface area contributed by atoms with Gasteiger partial charge in [-0.25, -0.2) is 0 Å². The Morgan fingerprint density at radius 2 is 1.70 bits per heavy atom. The van der Waals surface area contributed by atoms with Crippen LogP contribution in [0, 0.1) is 0 Å². The maximum Gasteiger partial charge on any atom is 0.307 e. The molecule has 120 valence electrons. The van der Waals surface area contributed by atoms with E-state index < -0.39 is 0 Å². The van der Waals surface area contributed by atoms with Gasteiger partial charge in [0.05, 0.1) is 24.1 Å². The quantitative estimate of drug-likeness (QED) is 0.760. The Morgan fingerprint density at radius 3 is 2.35 bits per heavy atom. The summed E-state index contributed by atoms with van der Waals surface area (Å²) >= 11 is 6.12. The molecule has 0 bridgehead atoms. The second-order valence-corrected chi connectivity index (χ2v) is 5.43. The van der Waals surface area contributed by atoms with Gasteiger partial charge in [0.2, 0.25) is 0 Å². The van der Waals surface area contributed by atoms with Crippen molar-refractivity contribution in [3.05, 3.63) is 70.7 Å². The average Bonchev–Trinajstić information content (AvgIpc) is 2.59. The molecule has 0 unspecified atom stereocenters. The monoisotopic (exact) mass is 331 g/mol. The van der Waals surface area contributed by atoms with Crippen molar-refractivity contribution in [2.45, 2.75) is 13.0 Å². The van der Waals surface area contributed by atoms with Crippen molar-refractivity contribution in [1.29, 1.82) is 0 Å². The predicted octanol–water partition coefficient (Wildman–Crippen LogP) is 3.55. The van der Waals surface area contributed by atoms with Gasteiger partial charge in [0.1, 0.15) is 0 Å². The van der Waals surface area contributed by atoms with E-state index in [-0.39, 0.29) is 24.8 Å². The van der Waals surface area contributed by atoms with Gasteiger partial charge in [-0.3, -0.25) is 9.59 Å². The molecular formula is C18H18ClNO3. The van der Waals surface area contributed by atoms with Crippen LogP contribution in [0.4, 0.5) is 0 Å². The van der Waals surface area contributed by atoms with Crippen molar-refractivity contribution in [3.8, 4) is 0 Å². The molecule has 0 atom stereocenters.